The quantitative estimate of drug-likeness (QED) is 0.863. The standard InChI is InChI=1S/C20H24FN3O2/c21-17-4-2-1-3-16(17)18-13-22-20(26-18)8-7-19(25)23-14-9-11-24(12-10-14)15-5-6-15/h1-4,13-15H,5-12H2,(H,23,25). The zero-order valence-electron chi connectivity index (χ0n) is 14.8. The second kappa shape index (κ2) is 7.58. The summed E-state index contributed by atoms with van der Waals surface area (Å²) in [6, 6.07) is 7.51. The molecule has 2 aliphatic rings. The molecule has 138 valence electrons. The Hall–Kier alpha value is -2.21. The summed E-state index contributed by atoms with van der Waals surface area (Å²) in [4.78, 5) is 18.9. The highest BCUT2D eigenvalue weighted by Crippen LogP contribution is 2.29. The minimum absolute atomic E-state index is 0.0283. The summed E-state index contributed by atoms with van der Waals surface area (Å²) < 4.78 is 19.4. The molecule has 26 heavy (non-hydrogen) atoms. The van der Waals surface area contributed by atoms with Crippen LogP contribution in [0.2, 0.25) is 0 Å². The van der Waals surface area contributed by atoms with Crippen molar-refractivity contribution in [3.8, 4) is 11.3 Å². The lowest BCUT2D eigenvalue weighted by atomic mass is 10.0. The van der Waals surface area contributed by atoms with Gasteiger partial charge < -0.3 is 14.6 Å². The van der Waals surface area contributed by atoms with Crippen molar-refractivity contribution in [3.63, 3.8) is 0 Å². The summed E-state index contributed by atoms with van der Waals surface area (Å²) >= 11 is 0. The molecular weight excluding hydrogens is 333 g/mol. The fourth-order valence-corrected chi connectivity index (χ4v) is 3.58. The Labute approximate surface area is 152 Å². The van der Waals surface area contributed by atoms with E-state index in [1.807, 2.05) is 0 Å². The molecule has 1 saturated carbocycles. The number of carbonyl (C=O) groups excluding carboxylic acids is 1. The summed E-state index contributed by atoms with van der Waals surface area (Å²) in [5, 5.41) is 3.12. The average Bonchev–Trinajstić information content (AvgIpc) is 3.39. The van der Waals surface area contributed by atoms with Gasteiger partial charge in [-0.2, -0.15) is 0 Å². The summed E-state index contributed by atoms with van der Waals surface area (Å²) in [6.45, 7) is 2.17. The molecule has 1 aromatic heterocycles. The van der Waals surface area contributed by atoms with E-state index in [-0.39, 0.29) is 17.8 Å². The maximum Gasteiger partial charge on any atom is 0.220 e. The number of oxazole rings is 1. The Kier molecular flexibility index (Phi) is 5.02. The molecule has 1 aromatic carbocycles. The number of halogens is 1. The van der Waals surface area contributed by atoms with Crippen LogP contribution in [0.4, 0.5) is 4.39 Å². The van der Waals surface area contributed by atoms with E-state index in [1.54, 1.807) is 18.2 Å². The molecule has 1 aliphatic heterocycles. The first-order chi connectivity index (χ1) is 12.7. The van der Waals surface area contributed by atoms with Crippen molar-refractivity contribution in [1.29, 1.82) is 0 Å². The Morgan fingerprint density at radius 1 is 1.23 bits per heavy atom. The SMILES string of the molecule is O=C(CCc1ncc(-c2ccccc2F)o1)NC1CCN(C2CC2)CC1. The smallest absolute Gasteiger partial charge is 0.220 e. The molecule has 0 atom stereocenters. The third-order valence-electron chi connectivity index (χ3n) is 5.22. The predicted octanol–water partition coefficient (Wildman–Crippen LogP) is 3.16. The number of hydrogen-bond donors (Lipinski definition) is 1. The van der Waals surface area contributed by atoms with Gasteiger partial charge in [0.2, 0.25) is 5.91 Å². The van der Waals surface area contributed by atoms with Gasteiger partial charge in [-0.05, 0) is 37.8 Å². The Bertz CT molecular complexity index is 764. The van der Waals surface area contributed by atoms with E-state index < -0.39 is 0 Å². The predicted molar refractivity (Wildman–Crippen MR) is 96.0 cm³/mol. The van der Waals surface area contributed by atoms with Crippen molar-refractivity contribution in [2.75, 3.05) is 13.1 Å². The molecule has 1 saturated heterocycles. The van der Waals surface area contributed by atoms with Gasteiger partial charge in [0, 0.05) is 38.0 Å². The average molecular weight is 357 g/mol. The van der Waals surface area contributed by atoms with Crippen LogP contribution in [0.15, 0.2) is 34.9 Å². The second-order valence-corrected chi connectivity index (χ2v) is 7.21. The fourth-order valence-electron chi connectivity index (χ4n) is 3.58. The molecule has 5 nitrogen and oxygen atoms in total. The second-order valence-electron chi connectivity index (χ2n) is 7.21. The van der Waals surface area contributed by atoms with Crippen molar-refractivity contribution in [1.82, 2.24) is 15.2 Å². The van der Waals surface area contributed by atoms with Gasteiger partial charge >= 0.3 is 0 Å². The van der Waals surface area contributed by atoms with E-state index in [2.05, 4.69) is 15.2 Å². The number of amides is 1. The lowest BCUT2D eigenvalue weighted by Gasteiger charge is -2.32. The molecule has 1 N–H and O–H groups in total. The normalized spacial score (nSPS) is 18.8. The van der Waals surface area contributed by atoms with Crippen molar-refractivity contribution >= 4 is 5.91 Å². The number of hydrogen-bond acceptors (Lipinski definition) is 4. The summed E-state index contributed by atoms with van der Waals surface area (Å²) in [7, 11) is 0. The number of nitrogens with one attached hydrogen (secondary N) is 1. The largest absolute Gasteiger partial charge is 0.441 e. The first kappa shape index (κ1) is 17.2. The Balaban J connectivity index is 1.24. The van der Waals surface area contributed by atoms with Gasteiger partial charge in [-0.25, -0.2) is 9.37 Å². The molecule has 4 rings (SSSR count). The van der Waals surface area contributed by atoms with Crippen molar-refractivity contribution < 1.29 is 13.6 Å². The molecule has 2 aromatic rings. The van der Waals surface area contributed by atoms with Gasteiger partial charge in [-0.3, -0.25) is 4.79 Å². The zero-order valence-corrected chi connectivity index (χ0v) is 14.8. The molecule has 0 radical (unpaired) electrons. The lowest BCUT2D eigenvalue weighted by Crippen LogP contribution is -2.45. The first-order valence-electron chi connectivity index (χ1n) is 9.42. The van der Waals surface area contributed by atoms with E-state index in [0.717, 1.165) is 32.0 Å². The third kappa shape index (κ3) is 4.12. The molecule has 1 amide bonds. The number of nitrogens with zero attached hydrogens (tertiary/aromatic N) is 2. The van der Waals surface area contributed by atoms with Crippen LogP contribution in [0.3, 0.4) is 0 Å². The van der Waals surface area contributed by atoms with E-state index in [1.165, 1.54) is 25.1 Å². The van der Waals surface area contributed by atoms with Crippen LogP contribution in [0.5, 0.6) is 0 Å². The molecule has 0 unspecified atom stereocenters. The topological polar surface area (TPSA) is 58.4 Å². The minimum Gasteiger partial charge on any atom is -0.441 e. The molecule has 0 spiro atoms. The van der Waals surface area contributed by atoms with Crippen LogP contribution >= 0.6 is 0 Å². The fraction of sp³-hybridized carbons (Fsp3) is 0.500. The van der Waals surface area contributed by atoms with Gasteiger partial charge in [-0.1, -0.05) is 12.1 Å². The maximum atomic E-state index is 13.8. The highest BCUT2D eigenvalue weighted by atomic mass is 19.1. The van der Waals surface area contributed by atoms with E-state index in [9.17, 15) is 9.18 Å². The molecule has 2 fully saturated rings. The number of piperidine rings is 1. The van der Waals surface area contributed by atoms with E-state index in [0.29, 0.717) is 30.1 Å². The van der Waals surface area contributed by atoms with Crippen LogP contribution < -0.4 is 5.32 Å². The highest BCUT2D eigenvalue weighted by Gasteiger charge is 2.32. The van der Waals surface area contributed by atoms with E-state index >= 15 is 0 Å². The minimum atomic E-state index is -0.342. The Morgan fingerprint density at radius 3 is 2.73 bits per heavy atom. The molecule has 2 heterocycles. The van der Waals surface area contributed by atoms with Crippen LogP contribution in [-0.2, 0) is 11.2 Å². The molecular formula is C20H24FN3O2. The van der Waals surface area contributed by atoms with Gasteiger partial charge in [0.25, 0.3) is 0 Å². The monoisotopic (exact) mass is 357 g/mol. The van der Waals surface area contributed by atoms with Crippen molar-refractivity contribution in [2.45, 2.75) is 50.6 Å². The maximum absolute atomic E-state index is 13.8. The van der Waals surface area contributed by atoms with Crippen molar-refractivity contribution in [2.24, 2.45) is 0 Å². The van der Waals surface area contributed by atoms with Gasteiger partial charge in [0.15, 0.2) is 11.7 Å². The summed E-state index contributed by atoms with van der Waals surface area (Å²) in [6.07, 6.45) is 6.99. The van der Waals surface area contributed by atoms with Crippen LogP contribution in [-0.4, -0.2) is 41.0 Å². The number of carbonyl (C=O) groups is 1. The van der Waals surface area contributed by atoms with Gasteiger partial charge in [0.05, 0.1) is 11.8 Å². The van der Waals surface area contributed by atoms with Gasteiger partial charge in [0.1, 0.15) is 5.82 Å². The zero-order chi connectivity index (χ0) is 17.9. The number of likely N-dealkylation sites (tertiary alicyclic amines) is 1. The van der Waals surface area contributed by atoms with Crippen molar-refractivity contribution in [3.05, 3.63) is 42.2 Å². The number of aryl methyl sites for hydroxylation is 1. The summed E-state index contributed by atoms with van der Waals surface area (Å²) in [5.41, 5.74) is 0.387. The third-order valence-corrected chi connectivity index (χ3v) is 5.22. The molecule has 6 heteroatoms. The number of aromatic nitrogens is 1. The number of rotatable bonds is 6. The van der Waals surface area contributed by atoms with Crippen LogP contribution in [0, 0.1) is 5.82 Å². The lowest BCUT2D eigenvalue weighted by molar-refractivity contribution is -0.122. The highest BCUT2D eigenvalue weighted by molar-refractivity contribution is 5.76. The number of benzene rings is 1. The van der Waals surface area contributed by atoms with E-state index in [4.69, 9.17) is 4.42 Å². The molecule has 0 bridgehead atoms. The van der Waals surface area contributed by atoms with Crippen LogP contribution in [0.25, 0.3) is 11.3 Å². The first-order valence-corrected chi connectivity index (χ1v) is 9.42. The summed E-state index contributed by atoms with van der Waals surface area (Å²) in [5.74, 6) is 0.541. The Morgan fingerprint density at radius 2 is 2.00 bits per heavy atom. The van der Waals surface area contributed by atoms with Crippen LogP contribution in [0.1, 0.15) is 38.0 Å². The van der Waals surface area contributed by atoms with Gasteiger partial charge in [-0.15, -0.1) is 0 Å². The molecule has 1 aliphatic carbocycles.